The molecule has 1 saturated heterocycles. The van der Waals surface area contributed by atoms with E-state index in [1.807, 2.05) is 0 Å². The molecule has 29 heavy (non-hydrogen) atoms. The largest absolute Gasteiger partial charge is 0.416 e. The van der Waals surface area contributed by atoms with E-state index in [1.54, 1.807) is 6.92 Å². The van der Waals surface area contributed by atoms with Crippen molar-refractivity contribution in [1.82, 2.24) is 4.31 Å². The van der Waals surface area contributed by atoms with Gasteiger partial charge in [0, 0.05) is 18.7 Å². The van der Waals surface area contributed by atoms with Gasteiger partial charge in [0.1, 0.15) is 0 Å². The lowest BCUT2D eigenvalue weighted by atomic mass is 10.1. The van der Waals surface area contributed by atoms with Crippen molar-refractivity contribution in [1.29, 1.82) is 0 Å². The average Bonchev–Trinajstić information content (AvgIpc) is 3.18. The fourth-order valence-corrected chi connectivity index (χ4v) is 4.78. The normalized spacial score (nSPS) is 15.5. The molecule has 2 aromatic carbocycles. The van der Waals surface area contributed by atoms with Gasteiger partial charge in [-0.2, -0.15) is 17.5 Å². The number of carbonyl (C=O) groups is 1. The maximum atomic E-state index is 12.9. The molecule has 156 valence electrons. The third-order valence-corrected chi connectivity index (χ3v) is 6.92. The molecular weight excluding hydrogens is 429 g/mol. The zero-order chi connectivity index (χ0) is 21.4. The van der Waals surface area contributed by atoms with Gasteiger partial charge in [-0.1, -0.05) is 17.7 Å². The molecular formula is C19H18ClF3N2O3S. The quantitative estimate of drug-likeness (QED) is 0.740. The zero-order valence-corrected chi connectivity index (χ0v) is 17.0. The first kappa shape index (κ1) is 21.6. The Balaban J connectivity index is 1.92. The second kappa shape index (κ2) is 7.97. The van der Waals surface area contributed by atoms with E-state index in [0.717, 1.165) is 31.0 Å². The van der Waals surface area contributed by atoms with Crippen molar-refractivity contribution >= 4 is 33.2 Å². The summed E-state index contributed by atoms with van der Waals surface area (Å²) >= 11 is 5.92. The van der Waals surface area contributed by atoms with Crippen molar-refractivity contribution in [2.75, 3.05) is 18.4 Å². The molecule has 1 N–H and O–H groups in total. The molecule has 0 atom stereocenters. The Morgan fingerprint density at radius 1 is 1.10 bits per heavy atom. The topological polar surface area (TPSA) is 66.5 Å². The molecule has 0 radical (unpaired) electrons. The molecule has 0 aromatic heterocycles. The van der Waals surface area contributed by atoms with Gasteiger partial charge >= 0.3 is 6.18 Å². The number of anilines is 1. The summed E-state index contributed by atoms with van der Waals surface area (Å²) in [5, 5.41) is 2.28. The van der Waals surface area contributed by atoms with Gasteiger partial charge in [-0.05, 0) is 55.7 Å². The summed E-state index contributed by atoms with van der Waals surface area (Å²) in [6, 6.07) is 6.73. The molecule has 1 aliphatic heterocycles. The molecule has 1 fully saturated rings. The molecule has 0 bridgehead atoms. The van der Waals surface area contributed by atoms with Gasteiger partial charge in [0.2, 0.25) is 10.0 Å². The fraction of sp³-hybridized carbons (Fsp3) is 0.316. The van der Waals surface area contributed by atoms with Gasteiger partial charge in [0.25, 0.3) is 5.91 Å². The van der Waals surface area contributed by atoms with Crippen molar-refractivity contribution in [2.45, 2.75) is 30.8 Å². The van der Waals surface area contributed by atoms with Crippen LogP contribution < -0.4 is 5.32 Å². The Morgan fingerprint density at radius 3 is 2.38 bits per heavy atom. The van der Waals surface area contributed by atoms with Crippen molar-refractivity contribution < 1.29 is 26.4 Å². The van der Waals surface area contributed by atoms with Crippen LogP contribution in [0.4, 0.5) is 18.9 Å². The van der Waals surface area contributed by atoms with Crippen LogP contribution in [0.2, 0.25) is 5.02 Å². The van der Waals surface area contributed by atoms with Gasteiger partial charge in [-0.15, -0.1) is 0 Å². The van der Waals surface area contributed by atoms with Gasteiger partial charge in [-0.3, -0.25) is 4.79 Å². The SMILES string of the molecule is Cc1ccc(S(=O)(=O)N2CCCC2)cc1C(=O)Nc1cc(C(F)(F)F)ccc1Cl. The lowest BCUT2D eigenvalue weighted by Gasteiger charge is -2.17. The minimum absolute atomic E-state index is 0.0368. The molecule has 1 heterocycles. The second-order valence-electron chi connectivity index (χ2n) is 6.73. The smallest absolute Gasteiger partial charge is 0.321 e. The van der Waals surface area contributed by atoms with E-state index in [2.05, 4.69) is 5.32 Å². The number of benzene rings is 2. The highest BCUT2D eigenvalue weighted by Gasteiger charge is 2.31. The minimum atomic E-state index is -4.59. The number of carbonyl (C=O) groups excluding carboxylic acids is 1. The van der Waals surface area contributed by atoms with E-state index >= 15 is 0 Å². The van der Waals surface area contributed by atoms with Gasteiger partial charge < -0.3 is 5.32 Å². The predicted octanol–water partition coefficient (Wildman–Crippen LogP) is 4.70. The van der Waals surface area contributed by atoms with Crippen LogP contribution in [0.3, 0.4) is 0 Å². The molecule has 3 rings (SSSR count). The molecule has 0 saturated carbocycles. The minimum Gasteiger partial charge on any atom is -0.321 e. The number of alkyl halides is 3. The summed E-state index contributed by atoms with van der Waals surface area (Å²) in [5.41, 5.74) is -0.650. The monoisotopic (exact) mass is 446 g/mol. The number of nitrogens with zero attached hydrogens (tertiary/aromatic N) is 1. The summed E-state index contributed by atoms with van der Waals surface area (Å²) in [5.74, 6) is -0.748. The van der Waals surface area contributed by atoms with E-state index in [4.69, 9.17) is 11.6 Å². The number of nitrogens with one attached hydrogen (secondary N) is 1. The molecule has 1 amide bonds. The predicted molar refractivity (Wildman–Crippen MR) is 104 cm³/mol. The Kier molecular flexibility index (Phi) is 5.93. The van der Waals surface area contributed by atoms with Gasteiger partial charge in [0.05, 0.1) is 21.2 Å². The molecule has 1 aliphatic rings. The first-order valence-electron chi connectivity index (χ1n) is 8.79. The van der Waals surface area contributed by atoms with E-state index in [1.165, 1.54) is 22.5 Å². The van der Waals surface area contributed by atoms with Crippen LogP contribution in [0.5, 0.6) is 0 Å². The molecule has 0 spiro atoms. The van der Waals surface area contributed by atoms with Crippen LogP contribution in [0.15, 0.2) is 41.3 Å². The molecule has 0 aliphatic carbocycles. The lowest BCUT2D eigenvalue weighted by Crippen LogP contribution is -2.28. The number of aryl methyl sites for hydroxylation is 1. The number of amides is 1. The lowest BCUT2D eigenvalue weighted by molar-refractivity contribution is -0.137. The Morgan fingerprint density at radius 2 is 1.76 bits per heavy atom. The van der Waals surface area contributed by atoms with Gasteiger partial charge in [-0.25, -0.2) is 8.42 Å². The summed E-state index contributed by atoms with van der Waals surface area (Å²) in [6.07, 6.45) is -3.05. The highest BCUT2D eigenvalue weighted by Crippen LogP contribution is 2.34. The summed E-state index contributed by atoms with van der Waals surface area (Å²) in [6.45, 7) is 2.43. The Labute approximate surface area is 171 Å². The molecule has 2 aromatic rings. The Bertz CT molecular complexity index is 1050. The van der Waals surface area contributed by atoms with Crippen molar-refractivity contribution in [2.24, 2.45) is 0 Å². The molecule has 10 heteroatoms. The van der Waals surface area contributed by atoms with Crippen LogP contribution in [0, 0.1) is 6.92 Å². The van der Waals surface area contributed by atoms with Crippen LogP contribution in [-0.2, 0) is 16.2 Å². The van der Waals surface area contributed by atoms with E-state index in [9.17, 15) is 26.4 Å². The highest BCUT2D eigenvalue weighted by atomic mass is 35.5. The van der Waals surface area contributed by atoms with Crippen LogP contribution in [0.25, 0.3) is 0 Å². The number of hydrogen-bond donors (Lipinski definition) is 1. The maximum absolute atomic E-state index is 12.9. The number of halogens is 4. The number of rotatable bonds is 4. The Hall–Kier alpha value is -2.10. The van der Waals surface area contributed by atoms with E-state index in [-0.39, 0.29) is 21.2 Å². The first-order chi connectivity index (χ1) is 13.5. The van der Waals surface area contributed by atoms with Crippen LogP contribution >= 0.6 is 11.6 Å². The van der Waals surface area contributed by atoms with E-state index in [0.29, 0.717) is 18.7 Å². The van der Waals surface area contributed by atoms with Crippen LogP contribution in [-0.4, -0.2) is 31.7 Å². The third kappa shape index (κ3) is 4.57. The second-order valence-corrected chi connectivity index (χ2v) is 9.08. The van der Waals surface area contributed by atoms with Crippen LogP contribution in [0.1, 0.15) is 34.3 Å². The fourth-order valence-electron chi connectivity index (χ4n) is 3.07. The number of sulfonamides is 1. The first-order valence-corrected chi connectivity index (χ1v) is 10.6. The van der Waals surface area contributed by atoms with Gasteiger partial charge in [0.15, 0.2) is 0 Å². The zero-order valence-electron chi connectivity index (χ0n) is 15.4. The number of hydrogen-bond acceptors (Lipinski definition) is 3. The third-order valence-electron chi connectivity index (χ3n) is 4.70. The molecule has 0 unspecified atom stereocenters. The van der Waals surface area contributed by atoms with E-state index < -0.39 is 27.7 Å². The standard InChI is InChI=1S/C19H18ClF3N2O3S/c1-12-4-6-14(29(27,28)25-8-2-3-9-25)11-15(12)18(26)24-17-10-13(19(21,22)23)5-7-16(17)20/h4-7,10-11H,2-3,8-9H2,1H3,(H,24,26). The summed E-state index contributed by atoms with van der Waals surface area (Å²) in [7, 11) is -3.74. The maximum Gasteiger partial charge on any atom is 0.416 e. The average molecular weight is 447 g/mol. The molecule has 5 nitrogen and oxygen atoms in total. The van der Waals surface area contributed by atoms with Crippen molar-refractivity contribution in [3.8, 4) is 0 Å². The highest BCUT2D eigenvalue weighted by molar-refractivity contribution is 7.89. The van der Waals surface area contributed by atoms with Crippen molar-refractivity contribution in [3.05, 3.63) is 58.1 Å². The summed E-state index contributed by atoms with van der Waals surface area (Å²) in [4.78, 5) is 12.7. The van der Waals surface area contributed by atoms with Crippen molar-refractivity contribution in [3.63, 3.8) is 0 Å². The summed E-state index contributed by atoms with van der Waals surface area (Å²) < 4.78 is 65.6.